The number of aromatic nitrogens is 2. The maximum absolute atomic E-state index is 12.4. The number of nitrogens with zero attached hydrogens (tertiary/aromatic N) is 2. The van der Waals surface area contributed by atoms with Crippen LogP contribution >= 0.6 is 23.5 Å². The number of benzene rings is 1. The van der Waals surface area contributed by atoms with Crippen molar-refractivity contribution in [2.75, 3.05) is 5.75 Å². The molecule has 0 spiro atoms. The normalized spacial score (nSPS) is 10.7. The summed E-state index contributed by atoms with van der Waals surface area (Å²) in [5.41, 5.74) is 0.0313. The minimum absolute atomic E-state index is 0.123. The van der Waals surface area contributed by atoms with E-state index < -0.39 is 11.4 Å². The number of imidazole rings is 1. The standard InChI is InChI=1S/C19H18N2O4S2/c1-3-26-17-7-5-4-6-14(17)18(23)25-16-11-24-13(10-15(16)22)12-27-19-20-8-9-21(19)2/h4-11H,3,12H2,1-2H3. The van der Waals surface area contributed by atoms with E-state index in [1.165, 1.54) is 24.1 Å². The van der Waals surface area contributed by atoms with Crippen molar-refractivity contribution in [2.45, 2.75) is 22.7 Å². The highest BCUT2D eigenvalue weighted by Gasteiger charge is 2.16. The molecule has 0 fully saturated rings. The van der Waals surface area contributed by atoms with Crippen molar-refractivity contribution in [1.29, 1.82) is 0 Å². The predicted molar refractivity (Wildman–Crippen MR) is 106 cm³/mol. The zero-order valence-corrected chi connectivity index (χ0v) is 16.5. The summed E-state index contributed by atoms with van der Waals surface area (Å²) >= 11 is 2.99. The molecule has 27 heavy (non-hydrogen) atoms. The molecular weight excluding hydrogens is 384 g/mol. The highest BCUT2D eigenvalue weighted by Crippen LogP contribution is 2.24. The molecule has 8 heteroatoms. The molecule has 0 amide bonds. The molecule has 0 saturated heterocycles. The van der Waals surface area contributed by atoms with Crippen LogP contribution in [0.4, 0.5) is 0 Å². The lowest BCUT2D eigenvalue weighted by atomic mass is 10.2. The molecule has 0 aliphatic rings. The van der Waals surface area contributed by atoms with Crippen LogP contribution in [0.25, 0.3) is 0 Å². The SMILES string of the molecule is CCSc1ccccc1C(=O)Oc1coc(CSc2nccn2C)cc1=O. The second kappa shape index (κ2) is 8.96. The molecule has 6 nitrogen and oxygen atoms in total. The van der Waals surface area contributed by atoms with Gasteiger partial charge in [-0.1, -0.05) is 30.8 Å². The van der Waals surface area contributed by atoms with Crippen LogP contribution in [0.5, 0.6) is 5.75 Å². The molecule has 0 N–H and O–H groups in total. The quantitative estimate of drug-likeness (QED) is 0.437. The maximum atomic E-state index is 12.4. The molecule has 3 aromatic rings. The highest BCUT2D eigenvalue weighted by atomic mass is 32.2. The summed E-state index contributed by atoms with van der Waals surface area (Å²) in [5, 5.41) is 0.818. The Balaban J connectivity index is 1.70. The third kappa shape index (κ3) is 4.84. The third-order valence-corrected chi connectivity index (χ3v) is 5.62. The molecule has 2 aromatic heterocycles. The first kappa shape index (κ1) is 19.3. The fraction of sp³-hybridized carbons (Fsp3) is 0.211. The summed E-state index contributed by atoms with van der Waals surface area (Å²) in [5.74, 6) is 1.06. The topological polar surface area (TPSA) is 74.3 Å². The highest BCUT2D eigenvalue weighted by molar-refractivity contribution is 7.99. The van der Waals surface area contributed by atoms with Crippen LogP contribution in [-0.2, 0) is 12.8 Å². The van der Waals surface area contributed by atoms with E-state index in [0.717, 1.165) is 15.8 Å². The number of carbonyl (C=O) groups excluding carboxylic acids is 1. The summed E-state index contributed by atoms with van der Waals surface area (Å²) in [4.78, 5) is 29.7. The van der Waals surface area contributed by atoms with Crippen molar-refractivity contribution < 1.29 is 13.9 Å². The van der Waals surface area contributed by atoms with Crippen molar-refractivity contribution in [3.63, 3.8) is 0 Å². The Hall–Kier alpha value is -2.45. The van der Waals surface area contributed by atoms with E-state index in [2.05, 4.69) is 4.98 Å². The third-order valence-electron chi connectivity index (χ3n) is 3.58. The molecule has 3 rings (SSSR count). The van der Waals surface area contributed by atoms with Crippen molar-refractivity contribution in [3.8, 4) is 5.75 Å². The number of hydrogen-bond donors (Lipinski definition) is 0. The molecule has 0 saturated carbocycles. The number of hydrogen-bond acceptors (Lipinski definition) is 7. The molecular formula is C19H18N2O4S2. The first-order valence-electron chi connectivity index (χ1n) is 8.24. The van der Waals surface area contributed by atoms with Gasteiger partial charge in [-0.2, -0.15) is 0 Å². The molecule has 0 radical (unpaired) electrons. The predicted octanol–water partition coefficient (Wildman–Crippen LogP) is 4.00. The van der Waals surface area contributed by atoms with Gasteiger partial charge in [0.2, 0.25) is 11.2 Å². The van der Waals surface area contributed by atoms with Gasteiger partial charge in [0, 0.05) is 30.4 Å². The fourth-order valence-corrected chi connectivity index (χ4v) is 3.90. The van der Waals surface area contributed by atoms with Gasteiger partial charge in [0.25, 0.3) is 0 Å². The van der Waals surface area contributed by atoms with E-state index in [1.807, 2.05) is 36.9 Å². The molecule has 0 atom stereocenters. The summed E-state index contributed by atoms with van der Waals surface area (Å²) < 4.78 is 12.6. The largest absolute Gasteiger partial charge is 0.464 e. The Bertz CT molecular complexity index is 997. The number of carbonyl (C=O) groups is 1. The van der Waals surface area contributed by atoms with Gasteiger partial charge in [-0.3, -0.25) is 4.79 Å². The summed E-state index contributed by atoms with van der Waals surface area (Å²) in [6.45, 7) is 2.00. The van der Waals surface area contributed by atoms with Gasteiger partial charge in [0.05, 0.1) is 11.3 Å². The molecule has 1 aromatic carbocycles. The van der Waals surface area contributed by atoms with Crippen LogP contribution in [0.2, 0.25) is 0 Å². The zero-order chi connectivity index (χ0) is 19.2. The minimum Gasteiger partial charge on any atom is -0.464 e. The Morgan fingerprint density at radius 3 is 2.81 bits per heavy atom. The van der Waals surface area contributed by atoms with E-state index in [9.17, 15) is 9.59 Å². The van der Waals surface area contributed by atoms with Crippen LogP contribution in [0.15, 0.2) is 68.3 Å². The van der Waals surface area contributed by atoms with Gasteiger partial charge >= 0.3 is 5.97 Å². The summed E-state index contributed by atoms with van der Waals surface area (Å²) in [6.07, 6.45) is 4.73. The lowest BCUT2D eigenvalue weighted by molar-refractivity contribution is 0.0725. The van der Waals surface area contributed by atoms with Crippen LogP contribution < -0.4 is 10.2 Å². The van der Waals surface area contributed by atoms with Crippen molar-refractivity contribution >= 4 is 29.5 Å². The number of esters is 1. The van der Waals surface area contributed by atoms with E-state index in [1.54, 1.807) is 30.1 Å². The fourth-order valence-electron chi connectivity index (χ4n) is 2.29. The number of ether oxygens (including phenoxy) is 1. The lowest BCUT2D eigenvalue weighted by Crippen LogP contribution is -2.15. The van der Waals surface area contributed by atoms with Gasteiger partial charge in [-0.05, 0) is 17.9 Å². The molecule has 2 heterocycles. The molecule has 0 aliphatic carbocycles. The monoisotopic (exact) mass is 402 g/mol. The molecule has 0 aliphatic heterocycles. The van der Waals surface area contributed by atoms with E-state index in [-0.39, 0.29) is 5.75 Å². The lowest BCUT2D eigenvalue weighted by Gasteiger charge is -2.08. The first-order valence-corrected chi connectivity index (χ1v) is 10.2. The van der Waals surface area contributed by atoms with Crippen LogP contribution in [0.1, 0.15) is 23.0 Å². The summed E-state index contributed by atoms with van der Waals surface area (Å²) in [6, 6.07) is 8.49. The van der Waals surface area contributed by atoms with Crippen molar-refractivity contribution in [2.24, 2.45) is 7.05 Å². The Morgan fingerprint density at radius 1 is 1.30 bits per heavy atom. The zero-order valence-electron chi connectivity index (χ0n) is 14.9. The second-order valence-electron chi connectivity index (χ2n) is 5.50. The van der Waals surface area contributed by atoms with Crippen LogP contribution in [0, 0.1) is 0 Å². The number of rotatable bonds is 7. The Morgan fingerprint density at radius 2 is 2.11 bits per heavy atom. The molecule has 0 bridgehead atoms. The van der Waals surface area contributed by atoms with Crippen LogP contribution in [0.3, 0.4) is 0 Å². The Kier molecular flexibility index (Phi) is 6.41. The number of aryl methyl sites for hydroxylation is 1. The van der Waals surface area contributed by atoms with Gasteiger partial charge < -0.3 is 13.7 Å². The first-order chi connectivity index (χ1) is 13.1. The van der Waals surface area contributed by atoms with Crippen molar-refractivity contribution in [1.82, 2.24) is 9.55 Å². The summed E-state index contributed by atoms with van der Waals surface area (Å²) in [7, 11) is 1.89. The van der Waals surface area contributed by atoms with E-state index in [0.29, 0.717) is 17.1 Å². The van der Waals surface area contributed by atoms with Crippen molar-refractivity contribution in [3.05, 3.63) is 70.5 Å². The molecule has 0 unspecified atom stereocenters. The Labute approximate surface area is 164 Å². The number of thioether (sulfide) groups is 2. The average molecular weight is 402 g/mol. The van der Waals surface area contributed by atoms with Crippen LogP contribution in [-0.4, -0.2) is 21.3 Å². The second-order valence-corrected chi connectivity index (χ2v) is 7.75. The maximum Gasteiger partial charge on any atom is 0.344 e. The van der Waals surface area contributed by atoms with E-state index >= 15 is 0 Å². The molecule has 140 valence electrons. The minimum atomic E-state index is -0.575. The van der Waals surface area contributed by atoms with E-state index in [4.69, 9.17) is 9.15 Å². The average Bonchev–Trinajstić information content (AvgIpc) is 3.07. The van der Waals surface area contributed by atoms with Gasteiger partial charge in [0.1, 0.15) is 12.0 Å². The van der Waals surface area contributed by atoms with Gasteiger partial charge in [0.15, 0.2) is 5.16 Å². The smallest absolute Gasteiger partial charge is 0.344 e. The van der Waals surface area contributed by atoms with Gasteiger partial charge in [-0.15, -0.1) is 11.8 Å². The van der Waals surface area contributed by atoms with Gasteiger partial charge in [-0.25, -0.2) is 9.78 Å².